The molecular formula is C26H28FN3O3. The minimum absolute atomic E-state index is 0.00790. The maximum atomic E-state index is 13.3. The van der Waals surface area contributed by atoms with Crippen LogP contribution in [0.5, 0.6) is 5.75 Å². The number of Topliss-reactive ketones (excluding diaryl/α,β-unsaturated/α-hetero) is 1. The first-order valence-electron chi connectivity index (χ1n) is 11.0. The summed E-state index contributed by atoms with van der Waals surface area (Å²) in [5.41, 5.74) is 3.91. The molecule has 3 aromatic rings. The summed E-state index contributed by atoms with van der Waals surface area (Å²) in [7, 11) is 1.60. The summed E-state index contributed by atoms with van der Waals surface area (Å²) in [4.78, 5) is 29.7. The van der Waals surface area contributed by atoms with E-state index in [1.165, 1.54) is 12.1 Å². The van der Waals surface area contributed by atoms with Crippen molar-refractivity contribution in [2.24, 2.45) is 0 Å². The average molecular weight is 450 g/mol. The molecule has 0 radical (unpaired) electrons. The Bertz CT molecular complexity index is 1140. The number of carbonyl (C=O) groups excluding carboxylic acids is 2. The number of amides is 1. The number of piperazine rings is 1. The third-order valence-electron chi connectivity index (χ3n) is 6.18. The van der Waals surface area contributed by atoms with E-state index in [2.05, 4.69) is 4.90 Å². The normalized spacial score (nSPS) is 14.4. The van der Waals surface area contributed by atoms with Crippen LogP contribution in [0.2, 0.25) is 0 Å². The van der Waals surface area contributed by atoms with E-state index in [0.29, 0.717) is 49.6 Å². The van der Waals surface area contributed by atoms with E-state index in [0.717, 1.165) is 17.1 Å². The fourth-order valence-electron chi connectivity index (χ4n) is 4.35. The number of rotatable bonds is 6. The van der Waals surface area contributed by atoms with Crippen LogP contribution in [0.25, 0.3) is 5.69 Å². The van der Waals surface area contributed by atoms with E-state index in [4.69, 9.17) is 4.74 Å². The molecular weight excluding hydrogens is 421 g/mol. The van der Waals surface area contributed by atoms with Crippen LogP contribution in [0.1, 0.15) is 32.1 Å². The zero-order chi connectivity index (χ0) is 23.5. The first-order chi connectivity index (χ1) is 15.9. The maximum absolute atomic E-state index is 13.3. The number of aromatic nitrogens is 1. The van der Waals surface area contributed by atoms with E-state index in [-0.39, 0.29) is 17.5 Å². The lowest BCUT2D eigenvalue weighted by molar-refractivity contribution is 0.0624. The number of nitrogens with zero attached hydrogens (tertiary/aromatic N) is 3. The van der Waals surface area contributed by atoms with Crippen LogP contribution >= 0.6 is 0 Å². The first kappa shape index (κ1) is 22.7. The van der Waals surface area contributed by atoms with Gasteiger partial charge in [0.05, 0.1) is 13.7 Å². The lowest BCUT2D eigenvalue weighted by Crippen LogP contribution is -2.49. The van der Waals surface area contributed by atoms with Gasteiger partial charge in [-0.05, 0) is 68.4 Å². The molecule has 172 valence electrons. The Morgan fingerprint density at radius 1 is 0.939 bits per heavy atom. The molecule has 1 aromatic heterocycles. The largest absolute Gasteiger partial charge is 0.497 e. The molecule has 4 rings (SSSR count). The number of hydrogen-bond acceptors (Lipinski definition) is 4. The highest BCUT2D eigenvalue weighted by Gasteiger charge is 2.25. The molecule has 2 aromatic carbocycles. The second kappa shape index (κ2) is 9.58. The number of ether oxygens (including phenoxy) is 1. The van der Waals surface area contributed by atoms with Crippen molar-refractivity contribution in [1.82, 2.24) is 14.4 Å². The number of ketones is 1. The van der Waals surface area contributed by atoms with Crippen molar-refractivity contribution in [3.05, 3.63) is 82.9 Å². The standard InChI is InChI=1S/C26H28FN3O3/c1-18-16-24(19(2)30(18)22-8-6-21(27)7-9-22)25(31)17-28-12-14-29(15-13-28)26(32)20-4-10-23(33-3)11-5-20/h4-11,16H,12-15,17H2,1-3H3. The predicted octanol–water partition coefficient (Wildman–Crippen LogP) is 3.88. The molecule has 0 N–H and O–H groups in total. The molecule has 33 heavy (non-hydrogen) atoms. The zero-order valence-corrected chi connectivity index (χ0v) is 19.2. The van der Waals surface area contributed by atoms with Gasteiger partial charge in [0.15, 0.2) is 5.78 Å². The molecule has 1 aliphatic rings. The topological polar surface area (TPSA) is 54.8 Å². The summed E-state index contributed by atoms with van der Waals surface area (Å²) in [6.45, 7) is 6.60. The second-order valence-corrected chi connectivity index (χ2v) is 8.32. The van der Waals surface area contributed by atoms with Gasteiger partial charge in [-0.15, -0.1) is 0 Å². The molecule has 0 spiro atoms. The molecule has 6 nitrogen and oxygen atoms in total. The van der Waals surface area contributed by atoms with Gasteiger partial charge >= 0.3 is 0 Å². The number of carbonyl (C=O) groups is 2. The van der Waals surface area contributed by atoms with Gasteiger partial charge in [0.2, 0.25) is 0 Å². The average Bonchev–Trinajstić information content (AvgIpc) is 3.13. The number of methoxy groups -OCH3 is 1. The number of aryl methyl sites for hydroxylation is 1. The van der Waals surface area contributed by atoms with Crippen molar-refractivity contribution in [3.63, 3.8) is 0 Å². The number of benzene rings is 2. The van der Waals surface area contributed by atoms with Gasteiger partial charge in [0, 0.05) is 54.4 Å². The van der Waals surface area contributed by atoms with Gasteiger partial charge in [0.1, 0.15) is 11.6 Å². The molecule has 0 saturated carbocycles. The predicted molar refractivity (Wildman–Crippen MR) is 125 cm³/mol. The maximum Gasteiger partial charge on any atom is 0.253 e. The van der Waals surface area contributed by atoms with E-state index in [9.17, 15) is 14.0 Å². The van der Waals surface area contributed by atoms with Crippen molar-refractivity contribution < 1.29 is 18.7 Å². The Hall–Kier alpha value is -3.45. The molecule has 1 amide bonds. The zero-order valence-electron chi connectivity index (χ0n) is 19.2. The van der Waals surface area contributed by atoms with Crippen LogP contribution in [0.15, 0.2) is 54.6 Å². The van der Waals surface area contributed by atoms with Gasteiger partial charge in [-0.1, -0.05) is 0 Å². The lowest BCUT2D eigenvalue weighted by Gasteiger charge is -2.34. The van der Waals surface area contributed by atoms with Crippen LogP contribution in [0.4, 0.5) is 4.39 Å². The molecule has 2 heterocycles. The SMILES string of the molecule is COc1ccc(C(=O)N2CCN(CC(=O)c3cc(C)n(-c4ccc(F)cc4)c3C)CC2)cc1. The second-order valence-electron chi connectivity index (χ2n) is 8.32. The summed E-state index contributed by atoms with van der Waals surface area (Å²) in [5.74, 6) is 0.466. The van der Waals surface area contributed by atoms with Gasteiger partial charge in [0.25, 0.3) is 5.91 Å². The molecule has 7 heteroatoms. The monoisotopic (exact) mass is 449 g/mol. The van der Waals surface area contributed by atoms with Crippen molar-refractivity contribution in [2.45, 2.75) is 13.8 Å². The molecule has 0 unspecified atom stereocenters. The number of halogens is 1. The third kappa shape index (κ3) is 4.83. The molecule has 1 saturated heterocycles. The smallest absolute Gasteiger partial charge is 0.253 e. The van der Waals surface area contributed by atoms with Crippen molar-refractivity contribution in [3.8, 4) is 11.4 Å². The summed E-state index contributed by atoms with van der Waals surface area (Å²) in [6.07, 6.45) is 0. The molecule has 0 atom stereocenters. The number of hydrogen-bond donors (Lipinski definition) is 0. The van der Waals surface area contributed by atoms with Crippen LogP contribution in [-0.2, 0) is 0 Å². The minimum atomic E-state index is -0.290. The van der Waals surface area contributed by atoms with Gasteiger partial charge in [-0.25, -0.2) is 4.39 Å². The Morgan fingerprint density at radius 2 is 1.58 bits per heavy atom. The third-order valence-corrected chi connectivity index (χ3v) is 6.18. The lowest BCUT2D eigenvalue weighted by atomic mass is 10.1. The fourth-order valence-corrected chi connectivity index (χ4v) is 4.35. The van der Waals surface area contributed by atoms with Gasteiger partial charge in [-0.3, -0.25) is 14.5 Å². The molecule has 0 bridgehead atoms. The van der Waals surface area contributed by atoms with Crippen LogP contribution in [-0.4, -0.2) is 65.9 Å². The van der Waals surface area contributed by atoms with E-state index >= 15 is 0 Å². The molecule has 1 aliphatic heterocycles. The Morgan fingerprint density at radius 3 is 2.18 bits per heavy atom. The summed E-state index contributed by atoms with van der Waals surface area (Å²) >= 11 is 0. The highest BCUT2D eigenvalue weighted by Crippen LogP contribution is 2.22. The molecule has 0 aliphatic carbocycles. The van der Waals surface area contributed by atoms with E-state index < -0.39 is 0 Å². The Labute approximate surface area is 193 Å². The quantitative estimate of drug-likeness (QED) is 0.536. The fraction of sp³-hybridized carbons (Fsp3) is 0.308. The van der Waals surface area contributed by atoms with Crippen LogP contribution in [0, 0.1) is 19.7 Å². The van der Waals surface area contributed by atoms with Crippen molar-refractivity contribution in [2.75, 3.05) is 39.8 Å². The van der Waals surface area contributed by atoms with Gasteiger partial charge < -0.3 is 14.2 Å². The highest BCUT2D eigenvalue weighted by molar-refractivity contribution is 5.99. The van der Waals surface area contributed by atoms with Crippen molar-refractivity contribution in [1.29, 1.82) is 0 Å². The van der Waals surface area contributed by atoms with E-state index in [1.54, 1.807) is 43.5 Å². The highest BCUT2D eigenvalue weighted by atomic mass is 19.1. The molecule has 1 fully saturated rings. The summed E-state index contributed by atoms with van der Waals surface area (Å²) in [5, 5.41) is 0. The van der Waals surface area contributed by atoms with Crippen LogP contribution < -0.4 is 4.74 Å². The Kier molecular flexibility index (Phi) is 6.60. The van der Waals surface area contributed by atoms with Crippen molar-refractivity contribution >= 4 is 11.7 Å². The Balaban J connectivity index is 1.38. The summed E-state index contributed by atoms with van der Waals surface area (Å²) in [6, 6.07) is 15.3. The minimum Gasteiger partial charge on any atom is -0.497 e. The first-order valence-corrected chi connectivity index (χ1v) is 11.0. The van der Waals surface area contributed by atoms with Gasteiger partial charge in [-0.2, -0.15) is 0 Å². The van der Waals surface area contributed by atoms with Crippen LogP contribution in [0.3, 0.4) is 0 Å². The van der Waals surface area contributed by atoms with E-state index in [1.807, 2.05) is 29.4 Å². The summed E-state index contributed by atoms with van der Waals surface area (Å²) < 4.78 is 20.4.